The molecule has 2 rings (SSSR count). The standard InChI is InChI=1S/C20H38N4O3.HI/c1-21-20(22-11-6-7-13-27-15-14-26-2)23-18-10-12-24(16-18)19(25)17-8-4-3-5-9-17;/h17-18H,3-16H2,1-2H3,(H2,21,22,23);1H. The first-order valence-electron chi connectivity index (χ1n) is 10.6. The molecular formula is C20H39IN4O3. The third kappa shape index (κ3) is 9.26. The van der Waals surface area contributed by atoms with Gasteiger partial charge in [-0.15, -0.1) is 24.0 Å². The first-order valence-corrected chi connectivity index (χ1v) is 10.6. The first kappa shape index (κ1) is 25.4. The average molecular weight is 510 g/mol. The van der Waals surface area contributed by atoms with E-state index in [-0.39, 0.29) is 29.9 Å². The fourth-order valence-corrected chi connectivity index (χ4v) is 3.85. The van der Waals surface area contributed by atoms with E-state index in [1.54, 1.807) is 14.2 Å². The summed E-state index contributed by atoms with van der Waals surface area (Å²) in [6.45, 7) is 4.59. The zero-order chi connectivity index (χ0) is 19.3. The third-order valence-electron chi connectivity index (χ3n) is 5.46. The van der Waals surface area contributed by atoms with Crippen molar-refractivity contribution < 1.29 is 14.3 Å². The number of halogens is 1. The summed E-state index contributed by atoms with van der Waals surface area (Å²) >= 11 is 0. The van der Waals surface area contributed by atoms with Gasteiger partial charge in [0.25, 0.3) is 0 Å². The van der Waals surface area contributed by atoms with Crippen LogP contribution in [-0.4, -0.2) is 76.4 Å². The van der Waals surface area contributed by atoms with Crippen molar-refractivity contribution in [2.24, 2.45) is 10.9 Å². The van der Waals surface area contributed by atoms with E-state index in [0.717, 1.165) is 64.3 Å². The van der Waals surface area contributed by atoms with Gasteiger partial charge in [-0.25, -0.2) is 0 Å². The van der Waals surface area contributed by atoms with Gasteiger partial charge < -0.3 is 25.0 Å². The summed E-state index contributed by atoms with van der Waals surface area (Å²) < 4.78 is 10.4. The Morgan fingerprint density at radius 2 is 1.89 bits per heavy atom. The third-order valence-corrected chi connectivity index (χ3v) is 5.46. The first-order chi connectivity index (χ1) is 13.2. The number of ether oxygens (including phenoxy) is 2. The molecule has 0 bridgehead atoms. The second-order valence-electron chi connectivity index (χ2n) is 7.56. The van der Waals surface area contributed by atoms with E-state index in [1.165, 1.54) is 19.3 Å². The molecule has 164 valence electrons. The van der Waals surface area contributed by atoms with Crippen LogP contribution >= 0.6 is 24.0 Å². The predicted octanol–water partition coefficient (Wildman–Crippen LogP) is 2.39. The van der Waals surface area contributed by atoms with E-state index in [2.05, 4.69) is 20.5 Å². The average Bonchev–Trinajstić information content (AvgIpc) is 3.17. The van der Waals surface area contributed by atoms with Crippen LogP contribution in [0.5, 0.6) is 0 Å². The Kier molecular flexibility index (Phi) is 13.9. The number of rotatable bonds is 10. The lowest BCUT2D eigenvalue weighted by Crippen LogP contribution is -2.45. The van der Waals surface area contributed by atoms with Crippen molar-refractivity contribution in [1.82, 2.24) is 15.5 Å². The molecule has 2 aliphatic rings. The molecule has 7 nitrogen and oxygen atoms in total. The van der Waals surface area contributed by atoms with E-state index in [0.29, 0.717) is 25.2 Å². The zero-order valence-corrected chi connectivity index (χ0v) is 19.9. The molecule has 0 aromatic rings. The van der Waals surface area contributed by atoms with Crippen LogP contribution in [0.3, 0.4) is 0 Å². The highest BCUT2D eigenvalue weighted by Crippen LogP contribution is 2.26. The molecule has 28 heavy (non-hydrogen) atoms. The molecule has 2 fully saturated rings. The van der Waals surface area contributed by atoms with Gasteiger partial charge in [-0.1, -0.05) is 19.3 Å². The van der Waals surface area contributed by atoms with Gasteiger partial charge in [-0.2, -0.15) is 0 Å². The summed E-state index contributed by atoms with van der Waals surface area (Å²) in [4.78, 5) is 19.0. The second kappa shape index (κ2) is 15.3. The Hall–Kier alpha value is -0.610. The number of carbonyl (C=O) groups is 1. The van der Waals surface area contributed by atoms with Crippen LogP contribution < -0.4 is 10.6 Å². The fraction of sp³-hybridized carbons (Fsp3) is 0.900. The van der Waals surface area contributed by atoms with E-state index in [9.17, 15) is 4.79 Å². The molecule has 0 aromatic heterocycles. The summed E-state index contributed by atoms with van der Waals surface area (Å²) in [6.07, 6.45) is 8.89. The quantitative estimate of drug-likeness (QED) is 0.204. The van der Waals surface area contributed by atoms with Gasteiger partial charge in [0.05, 0.1) is 13.2 Å². The maximum atomic E-state index is 12.7. The van der Waals surface area contributed by atoms with Crippen molar-refractivity contribution in [3.05, 3.63) is 0 Å². The molecule has 0 spiro atoms. The van der Waals surface area contributed by atoms with Crippen molar-refractivity contribution in [2.45, 2.75) is 57.4 Å². The van der Waals surface area contributed by atoms with Crippen LogP contribution in [0.2, 0.25) is 0 Å². The monoisotopic (exact) mass is 510 g/mol. The molecular weight excluding hydrogens is 471 g/mol. The number of amides is 1. The molecule has 1 aliphatic heterocycles. The number of hydrogen-bond acceptors (Lipinski definition) is 4. The number of hydrogen-bond donors (Lipinski definition) is 2. The van der Waals surface area contributed by atoms with Crippen LogP contribution in [0, 0.1) is 5.92 Å². The summed E-state index contributed by atoms with van der Waals surface area (Å²) in [6, 6.07) is 0.293. The number of nitrogens with one attached hydrogen (secondary N) is 2. The lowest BCUT2D eigenvalue weighted by atomic mass is 9.88. The van der Waals surface area contributed by atoms with Crippen molar-refractivity contribution in [2.75, 3.05) is 53.6 Å². The van der Waals surface area contributed by atoms with Gasteiger partial charge in [0.1, 0.15) is 0 Å². The molecule has 1 saturated carbocycles. The SMILES string of the molecule is CN=C(NCCCCOCCOC)NC1CCN(C(=O)C2CCCCC2)C1.I. The Morgan fingerprint density at radius 3 is 2.61 bits per heavy atom. The Balaban J connectivity index is 0.00000392. The van der Waals surface area contributed by atoms with Gasteiger partial charge in [0.2, 0.25) is 5.91 Å². The molecule has 8 heteroatoms. The molecule has 1 amide bonds. The largest absolute Gasteiger partial charge is 0.382 e. The van der Waals surface area contributed by atoms with Gasteiger partial charge in [-0.05, 0) is 32.1 Å². The van der Waals surface area contributed by atoms with Gasteiger partial charge in [0.15, 0.2) is 5.96 Å². The minimum absolute atomic E-state index is 0. The molecule has 0 aromatic carbocycles. The Bertz CT molecular complexity index is 459. The number of nitrogens with zero attached hydrogens (tertiary/aromatic N) is 2. The van der Waals surface area contributed by atoms with Gasteiger partial charge >= 0.3 is 0 Å². The van der Waals surface area contributed by atoms with Crippen molar-refractivity contribution in [3.8, 4) is 0 Å². The molecule has 1 unspecified atom stereocenters. The number of likely N-dealkylation sites (tertiary alicyclic amines) is 1. The summed E-state index contributed by atoms with van der Waals surface area (Å²) in [5, 5.41) is 6.83. The molecule has 1 atom stereocenters. The molecule has 1 aliphatic carbocycles. The normalized spacial score (nSPS) is 20.7. The minimum atomic E-state index is 0. The maximum Gasteiger partial charge on any atom is 0.225 e. The van der Waals surface area contributed by atoms with Crippen molar-refractivity contribution >= 4 is 35.8 Å². The molecule has 0 radical (unpaired) electrons. The molecule has 2 N–H and O–H groups in total. The van der Waals surface area contributed by atoms with Crippen molar-refractivity contribution in [3.63, 3.8) is 0 Å². The highest BCUT2D eigenvalue weighted by atomic mass is 127. The van der Waals surface area contributed by atoms with E-state index < -0.39 is 0 Å². The number of methoxy groups -OCH3 is 1. The van der Waals surface area contributed by atoms with E-state index in [4.69, 9.17) is 9.47 Å². The molecule has 1 heterocycles. The van der Waals surface area contributed by atoms with Crippen LogP contribution in [0.15, 0.2) is 4.99 Å². The number of aliphatic imine (C=N–C) groups is 1. The number of carbonyl (C=O) groups excluding carboxylic acids is 1. The lowest BCUT2D eigenvalue weighted by molar-refractivity contribution is -0.135. The van der Waals surface area contributed by atoms with Crippen LogP contribution in [-0.2, 0) is 14.3 Å². The highest BCUT2D eigenvalue weighted by Gasteiger charge is 2.31. The fourth-order valence-electron chi connectivity index (χ4n) is 3.85. The zero-order valence-electron chi connectivity index (χ0n) is 17.6. The summed E-state index contributed by atoms with van der Waals surface area (Å²) in [5.41, 5.74) is 0. The summed E-state index contributed by atoms with van der Waals surface area (Å²) in [7, 11) is 3.48. The summed E-state index contributed by atoms with van der Waals surface area (Å²) in [5.74, 6) is 1.46. The number of guanidine groups is 1. The van der Waals surface area contributed by atoms with Crippen LogP contribution in [0.1, 0.15) is 51.4 Å². The van der Waals surface area contributed by atoms with E-state index in [1.807, 2.05) is 0 Å². The maximum absolute atomic E-state index is 12.7. The van der Waals surface area contributed by atoms with Crippen LogP contribution in [0.4, 0.5) is 0 Å². The predicted molar refractivity (Wildman–Crippen MR) is 123 cm³/mol. The van der Waals surface area contributed by atoms with Gasteiger partial charge in [-0.3, -0.25) is 9.79 Å². The van der Waals surface area contributed by atoms with Crippen molar-refractivity contribution in [1.29, 1.82) is 0 Å². The smallest absolute Gasteiger partial charge is 0.225 e. The Labute approximate surface area is 187 Å². The minimum Gasteiger partial charge on any atom is -0.382 e. The lowest BCUT2D eigenvalue weighted by Gasteiger charge is -2.26. The second-order valence-corrected chi connectivity index (χ2v) is 7.56. The topological polar surface area (TPSA) is 75.2 Å². The Morgan fingerprint density at radius 1 is 1.11 bits per heavy atom. The number of unbranched alkanes of at least 4 members (excludes halogenated alkanes) is 1. The van der Waals surface area contributed by atoms with E-state index >= 15 is 0 Å². The van der Waals surface area contributed by atoms with Gasteiger partial charge in [0, 0.05) is 52.4 Å². The highest BCUT2D eigenvalue weighted by molar-refractivity contribution is 14.0. The van der Waals surface area contributed by atoms with Crippen LogP contribution in [0.25, 0.3) is 0 Å². The molecule has 1 saturated heterocycles.